The summed E-state index contributed by atoms with van der Waals surface area (Å²) in [6.45, 7) is 0. The molecule has 0 amide bonds. The third-order valence-electron chi connectivity index (χ3n) is 2.57. The highest BCUT2D eigenvalue weighted by Gasteiger charge is 2.27. The highest BCUT2D eigenvalue weighted by molar-refractivity contribution is 6.43. The van der Waals surface area contributed by atoms with Gasteiger partial charge >= 0.3 is 5.97 Å². The van der Waals surface area contributed by atoms with Crippen LogP contribution in [0.5, 0.6) is 5.75 Å². The zero-order valence-electron chi connectivity index (χ0n) is 8.00. The van der Waals surface area contributed by atoms with E-state index in [0.717, 1.165) is 19.3 Å². The van der Waals surface area contributed by atoms with E-state index in [-0.39, 0.29) is 11.9 Å². The summed E-state index contributed by atoms with van der Waals surface area (Å²) in [6, 6.07) is 5.01. The first-order valence-electron chi connectivity index (χ1n) is 4.84. The van der Waals surface area contributed by atoms with E-state index in [1.807, 2.05) is 0 Å². The Kier molecular flexibility index (Phi) is 3.17. The lowest BCUT2D eigenvalue weighted by molar-refractivity contribution is -0.141. The van der Waals surface area contributed by atoms with E-state index in [1.165, 1.54) is 0 Å². The molecule has 1 fully saturated rings. The first kappa shape index (κ1) is 10.8. The molecule has 1 aliphatic carbocycles. The van der Waals surface area contributed by atoms with Crippen molar-refractivity contribution in [2.45, 2.75) is 19.3 Å². The quantitative estimate of drug-likeness (QED) is 0.586. The molecule has 1 aromatic carbocycles. The molecule has 0 unspecified atom stereocenters. The molecule has 0 aliphatic heterocycles. The number of esters is 1. The number of hydrogen-bond acceptors (Lipinski definition) is 2. The van der Waals surface area contributed by atoms with Crippen molar-refractivity contribution in [1.82, 2.24) is 0 Å². The van der Waals surface area contributed by atoms with Crippen molar-refractivity contribution in [3.05, 3.63) is 28.2 Å². The molecule has 0 atom stereocenters. The van der Waals surface area contributed by atoms with Gasteiger partial charge in [0.25, 0.3) is 0 Å². The Labute approximate surface area is 98.1 Å². The van der Waals surface area contributed by atoms with Crippen LogP contribution in [-0.2, 0) is 4.79 Å². The highest BCUT2D eigenvalue weighted by atomic mass is 35.5. The van der Waals surface area contributed by atoms with Gasteiger partial charge in [0.05, 0.1) is 10.9 Å². The smallest absolute Gasteiger partial charge is 0.314 e. The van der Waals surface area contributed by atoms with Crippen LogP contribution in [-0.4, -0.2) is 5.97 Å². The molecular formula is C11H10Cl2O2. The Morgan fingerprint density at radius 1 is 1.33 bits per heavy atom. The van der Waals surface area contributed by atoms with E-state index in [4.69, 9.17) is 27.9 Å². The van der Waals surface area contributed by atoms with Crippen molar-refractivity contribution in [2.75, 3.05) is 0 Å². The minimum absolute atomic E-state index is 0.0417. The molecular weight excluding hydrogens is 235 g/mol. The van der Waals surface area contributed by atoms with Gasteiger partial charge in [-0.05, 0) is 25.0 Å². The molecule has 1 saturated carbocycles. The van der Waals surface area contributed by atoms with Crippen molar-refractivity contribution < 1.29 is 9.53 Å². The van der Waals surface area contributed by atoms with Gasteiger partial charge in [0.2, 0.25) is 0 Å². The van der Waals surface area contributed by atoms with Gasteiger partial charge in [-0.15, -0.1) is 0 Å². The van der Waals surface area contributed by atoms with Gasteiger partial charge in [-0.2, -0.15) is 0 Å². The summed E-state index contributed by atoms with van der Waals surface area (Å²) in [5, 5.41) is 0.697. The van der Waals surface area contributed by atoms with E-state index in [2.05, 4.69) is 0 Å². The van der Waals surface area contributed by atoms with Gasteiger partial charge in [-0.25, -0.2) is 0 Å². The molecule has 0 aromatic heterocycles. The van der Waals surface area contributed by atoms with Crippen molar-refractivity contribution in [3.8, 4) is 5.75 Å². The van der Waals surface area contributed by atoms with Crippen LogP contribution in [0.2, 0.25) is 10.0 Å². The predicted octanol–water partition coefficient (Wildman–Crippen LogP) is 3.70. The lowest BCUT2D eigenvalue weighted by atomic mass is 9.86. The summed E-state index contributed by atoms with van der Waals surface area (Å²) >= 11 is 11.7. The number of benzene rings is 1. The van der Waals surface area contributed by atoms with Crippen LogP contribution in [0, 0.1) is 5.92 Å². The maximum atomic E-state index is 11.5. The van der Waals surface area contributed by atoms with Gasteiger partial charge in [-0.1, -0.05) is 35.7 Å². The molecule has 80 valence electrons. The minimum atomic E-state index is -0.203. The van der Waals surface area contributed by atoms with Crippen LogP contribution in [0.25, 0.3) is 0 Å². The fourth-order valence-electron chi connectivity index (χ4n) is 1.40. The van der Waals surface area contributed by atoms with Crippen molar-refractivity contribution >= 4 is 29.2 Å². The van der Waals surface area contributed by atoms with Crippen LogP contribution < -0.4 is 4.74 Å². The molecule has 0 saturated heterocycles. The van der Waals surface area contributed by atoms with Gasteiger partial charge in [0.1, 0.15) is 5.02 Å². The summed E-state index contributed by atoms with van der Waals surface area (Å²) in [5.41, 5.74) is 0. The Bertz CT molecular complexity index is 386. The first-order valence-corrected chi connectivity index (χ1v) is 5.60. The summed E-state index contributed by atoms with van der Waals surface area (Å²) in [4.78, 5) is 11.5. The molecule has 15 heavy (non-hydrogen) atoms. The van der Waals surface area contributed by atoms with E-state index in [9.17, 15) is 4.79 Å². The molecule has 4 heteroatoms. The van der Waals surface area contributed by atoms with Crippen molar-refractivity contribution in [2.24, 2.45) is 5.92 Å². The zero-order chi connectivity index (χ0) is 10.8. The number of ether oxygens (including phenoxy) is 1. The lowest BCUT2D eigenvalue weighted by Crippen LogP contribution is -2.26. The minimum Gasteiger partial charge on any atom is -0.425 e. The maximum absolute atomic E-state index is 11.5. The molecule has 2 nitrogen and oxygen atoms in total. The molecule has 0 spiro atoms. The fourth-order valence-corrected chi connectivity index (χ4v) is 1.73. The Morgan fingerprint density at radius 2 is 2.07 bits per heavy atom. The zero-order valence-corrected chi connectivity index (χ0v) is 9.52. The van der Waals surface area contributed by atoms with Crippen LogP contribution in [0.4, 0.5) is 0 Å². The summed E-state index contributed by atoms with van der Waals surface area (Å²) < 4.78 is 5.17. The highest BCUT2D eigenvalue weighted by Crippen LogP contribution is 2.34. The maximum Gasteiger partial charge on any atom is 0.314 e. The standard InChI is InChI=1S/C11H10Cl2O2/c12-8-5-2-6-9(10(8)13)15-11(14)7-3-1-4-7/h2,5-7H,1,3-4H2. The van der Waals surface area contributed by atoms with Gasteiger partial charge in [-0.3, -0.25) is 4.79 Å². The second kappa shape index (κ2) is 4.42. The van der Waals surface area contributed by atoms with Crippen LogP contribution in [0.1, 0.15) is 19.3 Å². The largest absolute Gasteiger partial charge is 0.425 e. The van der Waals surface area contributed by atoms with Gasteiger partial charge in [0.15, 0.2) is 5.75 Å². The van der Waals surface area contributed by atoms with Gasteiger partial charge in [0, 0.05) is 0 Å². The number of halogens is 2. The van der Waals surface area contributed by atoms with Crippen molar-refractivity contribution in [1.29, 1.82) is 0 Å². The topological polar surface area (TPSA) is 26.3 Å². The Balaban J connectivity index is 2.09. The molecule has 0 radical (unpaired) electrons. The Morgan fingerprint density at radius 3 is 2.67 bits per heavy atom. The van der Waals surface area contributed by atoms with E-state index in [0.29, 0.717) is 15.8 Å². The van der Waals surface area contributed by atoms with E-state index >= 15 is 0 Å². The average Bonchev–Trinajstić information content (AvgIpc) is 2.10. The average molecular weight is 245 g/mol. The number of carbonyl (C=O) groups excluding carboxylic acids is 1. The molecule has 1 aromatic rings. The van der Waals surface area contributed by atoms with Crippen LogP contribution in [0.3, 0.4) is 0 Å². The Hall–Kier alpha value is -0.730. The third-order valence-corrected chi connectivity index (χ3v) is 3.37. The number of rotatable bonds is 2. The molecule has 2 rings (SSSR count). The van der Waals surface area contributed by atoms with E-state index in [1.54, 1.807) is 18.2 Å². The normalized spacial score (nSPS) is 15.9. The predicted molar refractivity (Wildman–Crippen MR) is 59.4 cm³/mol. The summed E-state index contributed by atoms with van der Waals surface area (Å²) in [6.07, 6.45) is 2.93. The number of carbonyl (C=O) groups is 1. The number of hydrogen-bond donors (Lipinski definition) is 0. The molecule has 0 bridgehead atoms. The molecule has 0 N–H and O–H groups in total. The summed E-state index contributed by atoms with van der Waals surface area (Å²) in [5.74, 6) is 0.187. The molecule has 1 aliphatic rings. The van der Waals surface area contributed by atoms with Gasteiger partial charge < -0.3 is 4.74 Å². The second-order valence-corrected chi connectivity index (χ2v) is 4.39. The van der Waals surface area contributed by atoms with Crippen LogP contribution in [0.15, 0.2) is 18.2 Å². The fraction of sp³-hybridized carbons (Fsp3) is 0.364. The second-order valence-electron chi connectivity index (χ2n) is 3.60. The molecule has 0 heterocycles. The lowest BCUT2D eigenvalue weighted by Gasteiger charge is -2.23. The SMILES string of the molecule is O=C(Oc1cccc(Cl)c1Cl)C1CCC1. The first-order chi connectivity index (χ1) is 7.18. The summed E-state index contributed by atoms with van der Waals surface area (Å²) in [7, 11) is 0. The monoisotopic (exact) mass is 244 g/mol. The van der Waals surface area contributed by atoms with Crippen molar-refractivity contribution in [3.63, 3.8) is 0 Å². The van der Waals surface area contributed by atoms with E-state index < -0.39 is 0 Å². The third kappa shape index (κ3) is 2.27. The van der Waals surface area contributed by atoms with Crippen LogP contribution >= 0.6 is 23.2 Å².